The minimum absolute atomic E-state index is 0.0495. The van der Waals surface area contributed by atoms with Crippen molar-refractivity contribution in [1.29, 1.82) is 0 Å². The number of carbonyl (C=O) groups is 2. The number of rotatable bonds is 8. The summed E-state index contributed by atoms with van der Waals surface area (Å²) >= 11 is 5.96. The standard InChI is InChI=1S/C18H18ClFN2O5S/c1-27-18(24)13-4-7-16(15(19)11-13)28(25,26)22-9-8-21-17(23)10-12-2-5-14(20)6-3-12/h2-7,11,22H,8-10H2,1H3,(H,21,23). The van der Waals surface area contributed by atoms with Crippen molar-refractivity contribution in [1.82, 2.24) is 10.0 Å². The average Bonchev–Trinajstić information content (AvgIpc) is 2.66. The summed E-state index contributed by atoms with van der Waals surface area (Å²) in [5.41, 5.74) is 0.761. The number of amides is 1. The van der Waals surface area contributed by atoms with Gasteiger partial charge in [-0.25, -0.2) is 22.3 Å². The maximum Gasteiger partial charge on any atom is 0.337 e. The summed E-state index contributed by atoms with van der Waals surface area (Å²) in [6, 6.07) is 9.19. The highest BCUT2D eigenvalue weighted by molar-refractivity contribution is 7.89. The highest BCUT2D eigenvalue weighted by Crippen LogP contribution is 2.22. The minimum atomic E-state index is -3.93. The zero-order valence-electron chi connectivity index (χ0n) is 14.9. The third-order valence-corrected chi connectivity index (χ3v) is 5.60. The predicted molar refractivity (Wildman–Crippen MR) is 101 cm³/mol. The normalized spacial score (nSPS) is 11.1. The van der Waals surface area contributed by atoms with Gasteiger partial charge in [0.2, 0.25) is 15.9 Å². The fourth-order valence-electron chi connectivity index (χ4n) is 2.28. The minimum Gasteiger partial charge on any atom is -0.465 e. The highest BCUT2D eigenvalue weighted by Gasteiger charge is 2.19. The van der Waals surface area contributed by atoms with Gasteiger partial charge >= 0.3 is 5.97 Å². The van der Waals surface area contributed by atoms with E-state index in [1.165, 1.54) is 49.6 Å². The van der Waals surface area contributed by atoms with Gasteiger partial charge in [-0.05, 0) is 35.9 Å². The van der Waals surface area contributed by atoms with E-state index in [0.717, 1.165) is 0 Å². The molecule has 0 aromatic heterocycles. The summed E-state index contributed by atoms with van der Waals surface area (Å²) in [4.78, 5) is 23.1. The summed E-state index contributed by atoms with van der Waals surface area (Å²) in [5, 5.41) is 2.43. The number of halogens is 2. The summed E-state index contributed by atoms with van der Waals surface area (Å²) in [7, 11) is -2.73. The van der Waals surface area contributed by atoms with Crippen LogP contribution in [-0.4, -0.2) is 40.5 Å². The molecule has 1 amide bonds. The Bertz CT molecular complexity index is 964. The van der Waals surface area contributed by atoms with Crippen LogP contribution in [0.4, 0.5) is 4.39 Å². The number of ether oxygens (including phenoxy) is 1. The lowest BCUT2D eigenvalue weighted by molar-refractivity contribution is -0.120. The Morgan fingerprint density at radius 2 is 1.79 bits per heavy atom. The van der Waals surface area contributed by atoms with Crippen molar-refractivity contribution in [3.8, 4) is 0 Å². The molecular formula is C18H18ClFN2O5S. The number of methoxy groups -OCH3 is 1. The Morgan fingerprint density at radius 1 is 1.11 bits per heavy atom. The Hall–Kier alpha value is -2.49. The van der Waals surface area contributed by atoms with Gasteiger partial charge in [0.25, 0.3) is 0 Å². The second-order valence-corrected chi connectivity index (χ2v) is 7.83. The molecule has 0 saturated heterocycles. The third-order valence-electron chi connectivity index (χ3n) is 3.66. The highest BCUT2D eigenvalue weighted by atomic mass is 35.5. The smallest absolute Gasteiger partial charge is 0.337 e. The van der Waals surface area contributed by atoms with Crippen molar-refractivity contribution < 1.29 is 27.1 Å². The maximum absolute atomic E-state index is 12.8. The van der Waals surface area contributed by atoms with Gasteiger partial charge in [-0.15, -0.1) is 0 Å². The van der Waals surface area contributed by atoms with E-state index in [0.29, 0.717) is 5.56 Å². The number of hydrogen-bond acceptors (Lipinski definition) is 5. The van der Waals surface area contributed by atoms with Gasteiger partial charge in [-0.1, -0.05) is 23.7 Å². The van der Waals surface area contributed by atoms with E-state index in [1.54, 1.807) is 0 Å². The van der Waals surface area contributed by atoms with Gasteiger partial charge < -0.3 is 10.1 Å². The van der Waals surface area contributed by atoms with Crippen LogP contribution in [0.25, 0.3) is 0 Å². The first-order valence-corrected chi connectivity index (χ1v) is 9.97. The molecule has 0 bridgehead atoms. The monoisotopic (exact) mass is 428 g/mol. The quantitative estimate of drug-likeness (QED) is 0.494. The molecule has 10 heteroatoms. The topological polar surface area (TPSA) is 102 Å². The SMILES string of the molecule is COC(=O)c1ccc(S(=O)(=O)NCCNC(=O)Cc2ccc(F)cc2)c(Cl)c1. The molecule has 2 aromatic rings. The number of sulfonamides is 1. The average molecular weight is 429 g/mol. The molecule has 0 aliphatic carbocycles. The van der Waals surface area contributed by atoms with E-state index in [9.17, 15) is 22.4 Å². The molecule has 7 nitrogen and oxygen atoms in total. The van der Waals surface area contributed by atoms with Gasteiger partial charge in [-0.2, -0.15) is 0 Å². The van der Waals surface area contributed by atoms with Crippen molar-refractivity contribution in [3.63, 3.8) is 0 Å². The van der Waals surface area contributed by atoms with Crippen molar-refractivity contribution in [3.05, 3.63) is 64.4 Å². The fourth-order valence-corrected chi connectivity index (χ4v) is 3.85. The van der Waals surface area contributed by atoms with Crippen LogP contribution in [0.2, 0.25) is 5.02 Å². The maximum atomic E-state index is 12.8. The lowest BCUT2D eigenvalue weighted by atomic mass is 10.1. The van der Waals surface area contributed by atoms with Gasteiger partial charge in [0.1, 0.15) is 10.7 Å². The third kappa shape index (κ3) is 6.01. The van der Waals surface area contributed by atoms with Crippen LogP contribution < -0.4 is 10.0 Å². The molecule has 0 heterocycles. The Balaban J connectivity index is 1.87. The molecule has 0 saturated carbocycles. The van der Waals surface area contributed by atoms with E-state index in [1.807, 2.05) is 0 Å². The van der Waals surface area contributed by atoms with Crippen LogP contribution >= 0.6 is 11.6 Å². The van der Waals surface area contributed by atoms with Crippen LogP contribution in [0.15, 0.2) is 47.4 Å². The van der Waals surface area contributed by atoms with Crippen LogP contribution in [0.5, 0.6) is 0 Å². The van der Waals surface area contributed by atoms with Crippen molar-refractivity contribution in [2.45, 2.75) is 11.3 Å². The molecule has 0 radical (unpaired) electrons. The van der Waals surface area contributed by atoms with E-state index >= 15 is 0 Å². The molecule has 150 valence electrons. The molecule has 2 aromatic carbocycles. The molecule has 28 heavy (non-hydrogen) atoms. The molecule has 0 fully saturated rings. The summed E-state index contributed by atoms with van der Waals surface area (Å²) in [6.45, 7) is -0.0102. The molecule has 0 unspecified atom stereocenters. The fraction of sp³-hybridized carbons (Fsp3) is 0.222. The van der Waals surface area contributed by atoms with E-state index < -0.39 is 21.8 Å². The first kappa shape index (κ1) is 21.8. The van der Waals surface area contributed by atoms with Crippen LogP contribution in [0.3, 0.4) is 0 Å². The van der Waals surface area contributed by atoms with E-state index in [2.05, 4.69) is 14.8 Å². The second kappa shape index (κ2) is 9.63. The molecule has 0 spiro atoms. The zero-order valence-corrected chi connectivity index (χ0v) is 16.4. The number of hydrogen-bond donors (Lipinski definition) is 2. The molecule has 0 aliphatic rings. The van der Waals surface area contributed by atoms with Crippen molar-refractivity contribution in [2.75, 3.05) is 20.2 Å². The first-order valence-electron chi connectivity index (χ1n) is 8.11. The van der Waals surface area contributed by atoms with Gasteiger partial charge in [0.05, 0.1) is 24.1 Å². The second-order valence-electron chi connectivity index (χ2n) is 5.69. The summed E-state index contributed by atoms with van der Waals surface area (Å²) in [5.74, 6) is -1.36. The number of nitrogens with one attached hydrogen (secondary N) is 2. The number of esters is 1. The Labute approximate surface area is 166 Å². The summed E-state index contributed by atoms with van der Waals surface area (Å²) in [6.07, 6.45) is 0.0495. The van der Waals surface area contributed by atoms with Crippen molar-refractivity contribution in [2.24, 2.45) is 0 Å². The van der Waals surface area contributed by atoms with Crippen LogP contribution in [-0.2, 0) is 26.0 Å². The molecule has 2 N–H and O–H groups in total. The van der Waals surface area contributed by atoms with Crippen LogP contribution in [0.1, 0.15) is 15.9 Å². The lowest BCUT2D eigenvalue weighted by Crippen LogP contribution is -2.35. The Morgan fingerprint density at radius 3 is 2.39 bits per heavy atom. The number of benzene rings is 2. The summed E-state index contributed by atoms with van der Waals surface area (Å²) < 4.78 is 44.3. The molecular weight excluding hydrogens is 411 g/mol. The first-order chi connectivity index (χ1) is 13.2. The Kier molecular flexibility index (Phi) is 7.50. The predicted octanol–water partition coefficient (Wildman–Crippen LogP) is 1.90. The molecule has 0 atom stereocenters. The lowest BCUT2D eigenvalue weighted by Gasteiger charge is -2.10. The van der Waals surface area contributed by atoms with E-state index in [4.69, 9.17) is 11.6 Å². The van der Waals surface area contributed by atoms with Gasteiger partial charge in [0.15, 0.2) is 0 Å². The molecule has 0 aliphatic heterocycles. The van der Waals surface area contributed by atoms with E-state index in [-0.39, 0.29) is 40.9 Å². The zero-order chi connectivity index (χ0) is 20.7. The number of carbonyl (C=O) groups excluding carboxylic acids is 2. The largest absolute Gasteiger partial charge is 0.465 e. The van der Waals surface area contributed by atoms with Gasteiger partial charge in [-0.3, -0.25) is 4.79 Å². The van der Waals surface area contributed by atoms with Crippen molar-refractivity contribution >= 4 is 33.5 Å². The van der Waals surface area contributed by atoms with Crippen LogP contribution in [0, 0.1) is 5.82 Å². The molecule has 2 rings (SSSR count). The van der Waals surface area contributed by atoms with Gasteiger partial charge in [0, 0.05) is 13.1 Å².